The zero-order valence-electron chi connectivity index (χ0n) is 6.48. The number of H-pyrrole nitrogens is 1. The van der Waals surface area contributed by atoms with Gasteiger partial charge in [-0.3, -0.25) is 9.59 Å². The second-order valence-corrected chi connectivity index (χ2v) is 3.08. The fraction of sp³-hybridized carbons (Fsp3) is 0.143. The largest absolute Gasteiger partial charge is 0.320 e. The number of carbonyl (C=O) groups excluding carboxylic acids is 1. The van der Waals surface area contributed by atoms with E-state index >= 15 is 0 Å². The number of hydrogen-bond acceptors (Lipinski definition) is 2. The van der Waals surface area contributed by atoms with Crippen LogP contribution in [0.3, 0.4) is 0 Å². The lowest BCUT2D eigenvalue weighted by atomic mass is 10.2. The molecule has 0 radical (unpaired) electrons. The summed E-state index contributed by atoms with van der Waals surface area (Å²) in [5.41, 5.74) is -2.08. The molecular formula is C7H3Cl2F2NO2. The standard InChI is InChI=1S/C7H3Cl2F2NO2/c8-4-2(5(9)13)1-3(6(10)11)12-7(4)14/h1,6H,(H,12,14). The molecule has 0 aliphatic heterocycles. The summed E-state index contributed by atoms with van der Waals surface area (Å²) < 4.78 is 24.3. The van der Waals surface area contributed by atoms with Gasteiger partial charge >= 0.3 is 0 Å². The molecule has 0 aliphatic carbocycles. The van der Waals surface area contributed by atoms with Crippen molar-refractivity contribution in [2.45, 2.75) is 6.43 Å². The number of aromatic amines is 1. The lowest BCUT2D eigenvalue weighted by Gasteiger charge is -2.02. The van der Waals surface area contributed by atoms with E-state index in [-0.39, 0.29) is 0 Å². The monoisotopic (exact) mass is 241 g/mol. The molecule has 0 saturated heterocycles. The highest BCUT2D eigenvalue weighted by molar-refractivity contribution is 6.68. The van der Waals surface area contributed by atoms with Crippen molar-refractivity contribution in [3.8, 4) is 0 Å². The van der Waals surface area contributed by atoms with Gasteiger partial charge in [0, 0.05) is 0 Å². The lowest BCUT2D eigenvalue weighted by Crippen LogP contribution is -2.13. The van der Waals surface area contributed by atoms with Crippen LogP contribution in [0, 0.1) is 0 Å². The van der Waals surface area contributed by atoms with Crippen LogP contribution in [-0.4, -0.2) is 10.2 Å². The summed E-state index contributed by atoms with van der Waals surface area (Å²) in [6.07, 6.45) is -2.89. The molecular weight excluding hydrogens is 239 g/mol. The normalized spacial score (nSPS) is 10.6. The molecule has 0 unspecified atom stereocenters. The van der Waals surface area contributed by atoms with Gasteiger partial charge in [-0.25, -0.2) is 8.78 Å². The molecule has 1 heterocycles. The van der Waals surface area contributed by atoms with Crippen LogP contribution in [0.4, 0.5) is 8.78 Å². The van der Waals surface area contributed by atoms with Crippen molar-refractivity contribution in [2.24, 2.45) is 0 Å². The second-order valence-electron chi connectivity index (χ2n) is 2.36. The molecule has 1 aromatic rings. The predicted octanol–water partition coefficient (Wildman–Crippen LogP) is 2.34. The highest BCUT2D eigenvalue weighted by Crippen LogP contribution is 2.20. The summed E-state index contributed by atoms with van der Waals surface area (Å²) in [4.78, 5) is 23.4. The Kier molecular flexibility index (Phi) is 3.23. The molecule has 0 fully saturated rings. The molecule has 0 aliphatic rings. The first kappa shape index (κ1) is 11.1. The van der Waals surface area contributed by atoms with Crippen molar-refractivity contribution in [2.75, 3.05) is 0 Å². The van der Waals surface area contributed by atoms with E-state index < -0.39 is 33.5 Å². The highest BCUT2D eigenvalue weighted by atomic mass is 35.5. The summed E-state index contributed by atoms with van der Waals surface area (Å²) in [5.74, 6) is 0. The number of halogens is 4. The zero-order valence-corrected chi connectivity index (χ0v) is 7.99. The van der Waals surface area contributed by atoms with Crippen LogP contribution in [0.1, 0.15) is 22.5 Å². The Balaban J connectivity index is 3.43. The van der Waals surface area contributed by atoms with Crippen molar-refractivity contribution in [3.63, 3.8) is 0 Å². The first-order valence-electron chi connectivity index (χ1n) is 3.34. The number of aromatic nitrogens is 1. The van der Waals surface area contributed by atoms with Crippen LogP contribution in [0.2, 0.25) is 5.02 Å². The number of rotatable bonds is 2. The van der Waals surface area contributed by atoms with E-state index in [0.717, 1.165) is 6.07 Å². The maximum absolute atomic E-state index is 12.2. The maximum Gasteiger partial charge on any atom is 0.278 e. The third kappa shape index (κ3) is 2.10. The van der Waals surface area contributed by atoms with Crippen molar-refractivity contribution in [1.29, 1.82) is 0 Å². The van der Waals surface area contributed by atoms with Crippen LogP contribution >= 0.6 is 23.2 Å². The minimum absolute atomic E-state index is 0.424. The van der Waals surface area contributed by atoms with E-state index in [1.807, 2.05) is 4.98 Å². The van der Waals surface area contributed by atoms with Crippen molar-refractivity contribution in [3.05, 3.63) is 32.7 Å². The molecule has 1 aromatic heterocycles. The Bertz CT molecular complexity index is 430. The molecule has 3 nitrogen and oxygen atoms in total. The average Bonchev–Trinajstić information content (AvgIpc) is 2.08. The molecule has 0 atom stereocenters. The molecule has 0 saturated carbocycles. The van der Waals surface area contributed by atoms with Crippen LogP contribution in [0.25, 0.3) is 0 Å². The summed E-state index contributed by atoms with van der Waals surface area (Å²) in [5, 5.41) is -1.54. The Morgan fingerprint density at radius 3 is 2.50 bits per heavy atom. The minimum atomic E-state index is -2.89. The fourth-order valence-corrected chi connectivity index (χ4v) is 1.21. The van der Waals surface area contributed by atoms with Crippen LogP contribution < -0.4 is 5.56 Å². The van der Waals surface area contributed by atoms with Crippen LogP contribution in [0.15, 0.2) is 10.9 Å². The van der Waals surface area contributed by atoms with E-state index in [1.54, 1.807) is 0 Å². The molecule has 0 aromatic carbocycles. The molecule has 7 heteroatoms. The molecule has 1 N–H and O–H groups in total. The predicted molar refractivity (Wildman–Crippen MR) is 47.2 cm³/mol. The van der Waals surface area contributed by atoms with Crippen LogP contribution in [0.5, 0.6) is 0 Å². The molecule has 0 bridgehead atoms. The number of alkyl halides is 2. The zero-order chi connectivity index (χ0) is 10.9. The number of hydrogen-bond donors (Lipinski definition) is 1. The minimum Gasteiger partial charge on any atom is -0.320 e. The van der Waals surface area contributed by atoms with Gasteiger partial charge < -0.3 is 4.98 Å². The number of carbonyl (C=O) groups is 1. The van der Waals surface area contributed by atoms with Crippen molar-refractivity contribution < 1.29 is 13.6 Å². The molecule has 14 heavy (non-hydrogen) atoms. The number of nitrogens with one attached hydrogen (secondary N) is 1. The van der Waals surface area contributed by atoms with Gasteiger partial charge in [0.25, 0.3) is 17.2 Å². The first-order valence-corrected chi connectivity index (χ1v) is 4.09. The SMILES string of the molecule is O=C(Cl)c1cc(C(F)F)[nH]c(=O)c1Cl. The van der Waals surface area contributed by atoms with Gasteiger partial charge in [-0.1, -0.05) is 11.6 Å². The Morgan fingerprint density at radius 2 is 2.07 bits per heavy atom. The van der Waals surface area contributed by atoms with Gasteiger partial charge in [-0.15, -0.1) is 0 Å². The van der Waals surface area contributed by atoms with Crippen molar-refractivity contribution in [1.82, 2.24) is 4.98 Å². The molecule has 0 amide bonds. The summed E-state index contributed by atoms with van der Waals surface area (Å²) >= 11 is 10.4. The highest BCUT2D eigenvalue weighted by Gasteiger charge is 2.16. The first-order chi connectivity index (χ1) is 6.43. The second kappa shape index (κ2) is 4.06. The molecule has 0 spiro atoms. The smallest absolute Gasteiger partial charge is 0.278 e. The van der Waals surface area contributed by atoms with Gasteiger partial charge in [0.15, 0.2) is 0 Å². The van der Waals surface area contributed by atoms with Crippen molar-refractivity contribution >= 4 is 28.4 Å². The quantitative estimate of drug-likeness (QED) is 0.809. The third-order valence-corrected chi connectivity index (χ3v) is 2.02. The Labute approximate surface area is 86.6 Å². The van der Waals surface area contributed by atoms with Gasteiger partial charge in [-0.2, -0.15) is 0 Å². The van der Waals surface area contributed by atoms with E-state index in [9.17, 15) is 18.4 Å². The maximum atomic E-state index is 12.2. The van der Waals surface area contributed by atoms with Crippen LogP contribution in [-0.2, 0) is 0 Å². The molecule has 76 valence electrons. The summed E-state index contributed by atoms with van der Waals surface area (Å²) in [6.45, 7) is 0. The lowest BCUT2D eigenvalue weighted by molar-refractivity contribution is 0.108. The molecule has 1 rings (SSSR count). The Hall–Kier alpha value is -0.940. The summed E-state index contributed by atoms with van der Waals surface area (Å²) in [6, 6.07) is 0.754. The fourth-order valence-electron chi connectivity index (χ4n) is 0.824. The average molecular weight is 242 g/mol. The summed E-state index contributed by atoms with van der Waals surface area (Å²) in [7, 11) is 0. The van der Waals surface area contributed by atoms with Gasteiger partial charge in [-0.05, 0) is 17.7 Å². The van der Waals surface area contributed by atoms with Gasteiger partial charge in [0.05, 0.1) is 11.3 Å². The number of pyridine rings is 1. The Morgan fingerprint density at radius 1 is 1.50 bits per heavy atom. The van der Waals surface area contributed by atoms with E-state index in [4.69, 9.17) is 23.2 Å². The van der Waals surface area contributed by atoms with Gasteiger partial charge in [0.2, 0.25) is 0 Å². The van der Waals surface area contributed by atoms with Gasteiger partial charge in [0.1, 0.15) is 5.02 Å². The third-order valence-electron chi connectivity index (χ3n) is 1.44. The topological polar surface area (TPSA) is 49.9 Å². The van der Waals surface area contributed by atoms with E-state index in [0.29, 0.717) is 0 Å². The van der Waals surface area contributed by atoms with E-state index in [1.165, 1.54) is 0 Å². The van der Waals surface area contributed by atoms with E-state index in [2.05, 4.69) is 0 Å².